The van der Waals surface area contributed by atoms with Crippen LogP contribution in [0.25, 0.3) is 10.9 Å². The summed E-state index contributed by atoms with van der Waals surface area (Å²) < 4.78 is 15.4. The number of hydrogen-bond acceptors (Lipinski definition) is 6. The lowest BCUT2D eigenvalue weighted by molar-refractivity contribution is -0.137. The molecule has 1 atom stereocenters. The molecular weight excluding hydrogens is 491 g/mol. The summed E-state index contributed by atoms with van der Waals surface area (Å²) in [5, 5.41) is 10.3. The highest BCUT2D eigenvalue weighted by molar-refractivity contribution is 6.30. The van der Waals surface area contributed by atoms with Gasteiger partial charge in [-0.15, -0.1) is 0 Å². The Morgan fingerprint density at radius 3 is 2.72 bits per heavy atom. The van der Waals surface area contributed by atoms with Crippen LogP contribution in [0.2, 0.25) is 5.02 Å². The first-order chi connectivity index (χ1) is 17.2. The van der Waals surface area contributed by atoms with E-state index in [0.29, 0.717) is 16.5 Å². The number of primary amides is 1. The van der Waals surface area contributed by atoms with Gasteiger partial charge < -0.3 is 16.0 Å². The molecule has 2 aromatic carbocycles. The summed E-state index contributed by atoms with van der Waals surface area (Å²) in [6, 6.07) is 8.68. The summed E-state index contributed by atoms with van der Waals surface area (Å²) in [5.74, 6) is -2.20. The quantitative estimate of drug-likeness (QED) is 0.400. The zero-order valence-electron chi connectivity index (χ0n) is 19.4. The fraction of sp³-hybridized carbons (Fsp3) is 0.333. The second-order valence-electron chi connectivity index (χ2n) is 8.67. The van der Waals surface area contributed by atoms with Gasteiger partial charge in [0.15, 0.2) is 5.69 Å². The van der Waals surface area contributed by atoms with E-state index in [2.05, 4.69) is 15.6 Å². The standard InChI is InChI=1S/C24H24ClFN6O4/c1-13(30-36)14-5-8-17-19(9-14)32(29-23(17)24(27)35)12-21(34)31(16-6-7-16)11-20(33)28-10-15-3-2-4-18(25)22(15)26/h2-5,8-9,13,16H,6-7,10-12H2,1H3,(H2,27,35)(H,28,33). The first-order valence-corrected chi connectivity index (χ1v) is 11.7. The molecule has 10 nitrogen and oxygen atoms in total. The van der Waals surface area contributed by atoms with Crippen LogP contribution in [0.5, 0.6) is 0 Å². The van der Waals surface area contributed by atoms with Crippen molar-refractivity contribution in [3.63, 3.8) is 0 Å². The van der Waals surface area contributed by atoms with Gasteiger partial charge >= 0.3 is 0 Å². The van der Waals surface area contributed by atoms with Crippen LogP contribution < -0.4 is 11.1 Å². The zero-order chi connectivity index (χ0) is 26.0. The van der Waals surface area contributed by atoms with Crippen LogP contribution in [0.15, 0.2) is 41.6 Å². The van der Waals surface area contributed by atoms with Crippen LogP contribution in [-0.2, 0) is 22.7 Å². The smallest absolute Gasteiger partial charge is 0.269 e. The van der Waals surface area contributed by atoms with Gasteiger partial charge in [0.1, 0.15) is 18.4 Å². The minimum atomic E-state index is -0.757. The Bertz CT molecular complexity index is 1360. The molecule has 0 spiro atoms. The van der Waals surface area contributed by atoms with Gasteiger partial charge in [0.25, 0.3) is 5.91 Å². The van der Waals surface area contributed by atoms with E-state index in [1.807, 2.05) is 0 Å². The van der Waals surface area contributed by atoms with E-state index in [1.165, 1.54) is 21.7 Å². The number of carbonyl (C=O) groups excluding carboxylic acids is 3. The molecule has 1 saturated carbocycles. The molecule has 188 valence electrons. The van der Waals surface area contributed by atoms with Crippen molar-refractivity contribution in [2.45, 2.75) is 44.9 Å². The second kappa shape index (κ2) is 10.4. The van der Waals surface area contributed by atoms with Crippen LogP contribution in [0.4, 0.5) is 4.39 Å². The van der Waals surface area contributed by atoms with Crippen molar-refractivity contribution in [2.24, 2.45) is 10.9 Å². The van der Waals surface area contributed by atoms with Gasteiger partial charge in [0, 0.05) is 23.5 Å². The summed E-state index contributed by atoms with van der Waals surface area (Å²) in [4.78, 5) is 50.2. The summed E-state index contributed by atoms with van der Waals surface area (Å²) in [7, 11) is 0. The fourth-order valence-corrected chi connectivity index (χ4v) is 4.12. The van der Waals surface area contributed by atoms with E-state index in [4.69, 9.17) is 17.3 Å². The maximum atomic E-state index is 14.1. The Kier molecular flexibility index (Phi) is 7.30. The lowest BCUT2D eigenvalue weighted by atomic mass is 10.1. The van der Waals surface area contributed by atoms with E-state index >= 15 is 0 Å². The largest absolute Gasteiger partial charge is 0.364 e. The van der Waals surface area contributed by atoms with Crippen molar-refractivity contribution < 1.29 is 18.8 Å². The molecule has 0 saturated heterocycles. The highest BCUT2D eigenvalue weighted by atomic mass is 35.5. The van der Waals surface area contributed by atoms with Crippen LogP contribution >= 0.6 is 11.6 Å². The number of benzene rings is 2. The molecule has 1 aliphatic rings. The lowest BCUT2D eigenvalue weighted by Crippen LogP contribution is -2.43. The lowest BCUT2D eigenvalue weighted by Gasteiger charge is -2.22. The van der Waals surface area contributed by atoms with Crippen LogP contribution in [0, 0.1) is 10.7 Å². The number of nitrogens with zero attached hydrogens (tertiary/aromatic N) is 4. The van der Waals surface area contributed by atoms with Gasteiger partial charge in [0.2, 0.25) is 11.8 Å². The topological polar surface area (TPSA) is 140 Å². The van der Waals surface area contributed by atoms with Crippen LogP contribution in [0.3, 0.4) is 0 Å². The Labute approximate surface area is 210 Å². The normalized spacial score (nSPS) is 13.9. The van der Waals surface area contributed by atoms with Crippen LogP contribution in [0.1, 0.15) is 47.4 Å². The molecule has 3 aromatic rings. The van der Waals surface area contributed by atoms with Crippen molar-refractivity contribution in [2.75, 3.05) is 6.54 Å². The Balaban J connectivity index is 1.51. The maximum Gasteiger partial charge on any atom is 0.269 e. The van der Waals surface area contributed by atoms with E-state index in [-0.39, 0.29) is 47.9 Å². The molecule has 0 aliphatic heterocycles. The average molecular weight is 515 g/mol. The van der Waals surface area contributed by atoms with Crippen molar-refractivity contribution in [3.05, 3.63) is 69.0 Å². The number of nitroso groups, excluding NO2 is 1. The van der Waals surface area contributed by atoms with Crippen molar-refractivity contribution in [1.29, 1.82) is 0 Å². The monoisotopic (exact) mass is 514 g/mol. The van der Waals surface area contributed by atoms with Crippen molar-refractivity contribution >= 4 is 40.2 Å². The van der Waals surface area contributed by atoms with Gasteiger partial charge in [-0.2, -0.15) is 10.0 Å². The van der Waals surface area contributed by atoms with Gasteiger partial charge in [0.05, 0.1) is 17.1 Å². The van der Waals surface area contributed by atoms with Crippen LogP contribution in [-0.4, -0.2) is 45.0 Å². The Hall–Kier alpha value is -3.86. The van der Waals surface area contributed by atoms with E-state index < -0.39 is 23.7 Å². The number of nitrogens with two attached hydrogens (primary N) is 1. The average Bonchev–Trinajstić information content (AvgIpc) is 3.64. The first kappa shape index (κ1) is 25.2. The Morgan fingerprint density at radius 1 is 1.31 bits per heavy atom. The molecule has 0 radical (unpaired) electrons. The minimum Gasteiger partial charge on any atom is -0.364 e. The van der Waals surface area contributed by atoms with Gasteiger partial charge in [-0.25, -0.2) is 4.39 Å². The van der Waals surface area contributed by atoms with Gasteiger partial charge in [-0.05, 0) is 37.5 Å². The molecule has 12 heteroatoms. The number of halogens is 2. The summed E-state index contributed by atoms with van der Waals surface area (Å²) in [6.45, 7) is 1.08. The van der Waals surface area contributed by atoms with Gasteiger partial charge in [-0.1, -0.05) is 41.0 Å². The van der Waals surface area contributed by atoms with E-state index in [0.717, 1.165) is 12.8 Å². The molecule has 0 bridgehead atoms. The Morgan fingerprint density at radius 2 is 2.06 bits per heavy atom. The third-order valence-electron chi connectivity index (χ3n) is 6.06. The molecule has 36 heavy (non-hydrogen) atoms. The summed E-state index contributed by atoms with van der Waals surface area (Å²) >= 11 is 5.78. The molecule has 1 heterocycles. The number of rotatable bonds is 10. The molecule has 1 aromatic heterocycles. The number of carbonyl (C=O) groups is 3. The number of fused-ring (bicyclic) bond motifs is 1. The minimum absolute atomic E-state index is 0.00433. The molecule has 4 rings (SSSR count). The summed E-state index contributed by atoms with van der Waals surface area (Å²) in [6.07, 6.45) is 1.50. The first-order valence-electron chi connectivity index (χ1n) is 11.3. The maximum absolute atomic E-state index is 14.1. The molecule has 1 fully saturated rings. The molecule has 1 aliphatic carbocycles. The summed E-state index contributed by atoms with van der Waals surface area (Å²) in [5.41, 5.74) is 6.73. The second-order valence-corrected chi connectivity index (χ2v) is 9.08. The predicted molar refractivity (Wildman–Crippen MR) is 130 cm³/mol. The third kappa shape index (κ3) is 5.35. The van der Waals surface area contributed by atoms with E-state index in [1.54, 1.807) is 31.2 Å². The van der Waals surface area contributed by atoms with E-state index in [9.17, 15) is 23.7 Å². The number of nitrogens with one attached hydrogen (secondary N) is 1. The number of amides is 3. The highest BCUT2D eigenvalue weighted by Gasteiger charge is 2.34. The third-order valence-corrected chi connectivity index (χ3v) is 6.36. The van der Waals surface area contributed by atoms with Crippen molar-refractivity contribution in [3.8, 4) is 0 Å². The highest BCUT2D eigenvalue weighted by Crippen LogP contribution is 2.28. The van der Waals surface area contributed by atoms with Gasteiger partial charge in [-0.3, -0.25) is 19.1 Å². The number of aromatic nitrogens is 2. The predicted octanol–water partition coefficient (Wildman–Crippen LogP) is 3.06. The molecule has 3 N–H and O–H groups in total. The SMILES string of the molecule is CC(N=O)c1ccc2c(C(N)=O)nn(CC(=O)N(CC(=O)NCc3cccc(Cl)c3F)C3CC3)c2c1. The van der Waals surface area contributed by atoms with Crippen molar-refractivity contribution in [1.82, 2.24) is 20.0 Å². The number of hydrogen-bond donors (Lipinski definition) is 2. The molecule has 3 amide bonds. The fourth-order valence-electron chi connectivity index (χ4n) is 3.93. The molecular formula is C24H24ClFN6O4. The zero-order valence-corrected chi connectivity index (χ0v) is 20.2. The molecule has 1 unspecified atom stereocenters.